The maximum Gasteiger partial charge on any atom is 0.166 e. The van der Waals surface area contributed by atoms with E-state index in [1.54, 1.807) is 0 Å². The zero-order valence-corrected chi connectivity index (χ0v) is 10.1. The Morgan fingerprint density at radius 3 is 2.81 bits per heavy atom. The zero-order valence-electron chi connectivity index (χ0n) is 9.39. The summed E-state index contributed by atoms with van der Waals surface area (Å²) in [5.74, 6) is -0.0674. The SMILES string of the molecule is CCC1(CNc2ncc(Cl)cc2F)CCC1. The number of nitrogens with zero attached hydrogens (tertiary/aromatic N) is 1. The van der Waals surface area contributed by atoms with Crippen molar-refractivity contribution in [2.75, 3.05) is 11.9 Å². The van der Waals surface area contributed by atoms with Crippen molar-refractivity contribution >= 4 is 17.4 Å². The molecule has 0 unspecified atom stereocenters. The second-order valence-electron chi connectivity index (χ2n) is 4.54. The van der Waals surface area contributed by atoms with Gasteiger partial charge in [-0.2, -0.15) is 0 Å². The Morgan fingerprint density at radius 2 is 2.31 bits per heavy atom. The Balaban J connectivity index is 1.99. The summed E-state index contributed by atoms with van der Waals surface area (Å²) in [6.45, 7) is 2.99. The molecule has 88 valence electrons. The first-order valence-electron chi connectivity index (χ1n) is 5.70. The van der Waals surface area contributed by atoms with Crippen LogP contribution >= 0.6 is 11.6 Å². The van der Waals surface area contributed by atoms with Gasteiger partial charge in [0.05, 0.1) is 5.02 Å². The van der Waals surface area contributed by atoms with Crippen LogP contribution < -0.4 is 5.32 Å². The molecule has 0 spiro atoms. The molecule has 0 bridgehead atoms. The minimum Gasteiger partial charge on any atom is -0.367 e. The van der Waals surface area contributed by atoms with Crippen LogP contribution in [0.4, 0.5) is 10.2 Å². The Kier molecular flexibility index (Phi) is 3.33. The Labute approximate surface area is 100 Å². The van der Waals surface area contributed by atoms with Gasteiger partial charge in [-0.25, -0.2) is 9.37 Å². The predicted molar refractivity (Wildman–Crippen MR) is 64.3 cm³/mol. The van der Waals surface area contributed by atoms with E-state index in [9.17, 15) is 4.39 Å². The topological polar surface area (TPSA) is 24.9 Å². The molecule has 1 aromatic heterocycles. The number of hydrogen-bond acceptors (Lipinski definition) is 2. The first kappa shape index (κ1) is 11.6. The highest BCUT2D eigenvalue weighted by atomic mass is 35.5. The fourth-order valence-electron chi connectivity index (χ4n) is 2.15. The van der Waals surface area contributed by atoms with E-state index in [-0.39, 0.29) is 5.82 Å². The summed E-state index contributed by atoms with van der Waals surface area (Å²) in [7, 11) is 0. The van der Waals surface area contributed by atoms with Crippen molar-refractivity contribution in [1.29, 1.82) is 0 Å². The van der Waals surface area contributed by atoms with Gasteiger partial charge in [-0.05, 0) is 30.7 Å². The summed E-state index contributed by atoms with van der Waals surface area (Å²) < 4.78 is 13.4. The molecule has 2 nitrogen and oxygen atoms in total. The second kappa shape index (κ2) is 4.58. The molecule has 1 aromatic rings. The van der Waals surface area contributed by atoms with Gasteiger partial charge in [0.2, 0.25) is 0 Å². The minimum atomic E-state index is -0.377. The highest BCUT2D eigenvalue weighted by molar-refractivity contribution is 6.30. The second-order valence-corrected chi connectivity index (χ2v) is 4.98. The number of rotatable bonds is 4. The number of anilines is 1. The van der Waals surface area contributed by atoms with Crippen LogP contribution in [0.1, 0.15) is 32.6 Å². The number of aromatic nitrogens is 1. The van der Waals surface area contributed by atoms with E-state index in [0.717, 1.165) is 13.0 Å². The van der Waals surface area contributed by atoms with Crippen molar-refractivity contribution in [3.8, 4) is 0 Å². The quantitative estimate of drug-likeness (QED) is 0.867. The average molecular weight is 243 g/mol. The van der Waals surface area contributed by atoms with Gasteiger partial charge >= 0.3 is 0 Å². The van der Waals surface area contributed by atoms with Gasteiger partial charge in [-0.15, -0.1) is 0 Å². The van der Waals surface area contributed by atoms with Gasteiger partial charge in [0.15, 0.2) is 11.6 Å². The molecule has 0 atom stereocenters. The molecule has 2 rings (SSSR count). The van der Waals surface area contributed by atoms with Gasteiger partial charge in [-0.3, -0.25) is 0 Å². The number of halogens is 2. The van der Waals surface area contributed by atoms with E-state index < -0.39 is 0 Å². The van der Waals surface area contributed by atoms with Crippen molar-refractivity contribution in [3.63, 3.8) is 0 Å². The lowest BCUT2D eigenvalue weighted by molar-refractivity contribution is 0.144. The fraction of sp³-hybridized carbons (Fsp3) is 0.583. The molecular weight excluding hydrogens is 227 g/mol. The molecule has 0 aliphatic heterocycles. The lowest BCUT2D eigenvalue weighted by Crippen LogP contribution is -2.36. The Bertz CT molecular complexity index is 372. The largest absolute Gasteiger partial charge is 0.367 e. The minimum absolute atomic E-state index is 0.309. The van der Waals surface area contributed by atoms with Crippen LogP contribution in [0.25, 0.3) is 0 Å². The van der Waals surface area contributed by atoms with Crippen molar-refractivity contribution in [3.05, 3.63) is 23.1 Å². The van der Waals surface area contributed by atoms with Crippen LogP contribution in [0.2, 0.25) is 5.02 Å². The molecule has 1 N–H and O–H groups in total. The van der Waals surface area contributed by atoms with Crippen molar-refractivity contribution < 1.29 is 4.39 Å². The Hall–Kier alpha value is -0.830. The lowest BCUT2D eigenvalue weighted by atomic mass is 9.67. The fourth-order valence-corrected chi connectivity index (χ4v) is 2.29. The molecule has 0 aromatic carbocycles. The molecule has 4 heteroatoms. The van der Waals surface area contributed by atoms with Crippen LogP contribution in [-0.4, -0.2) is 11.5 Å². The highest BCUT2D eigenvalue weighted by Crippen LogP contribution is 2.43. The maximum atomic E-state index is 13.4. The summed E-state index contributed by atoms with van der Waals surface area (Å²) in [6, 6.07) is 1.29. The highest BCUT2D eigenvalue weighted by Gasteiger charge is 2.34. The molecule has 0 saturated heterocycles. The van der Waals surface area contributed by atoms with E-state index in [0.29, 0.717) is 16.3 Å². The molecule has 1 heterocycles. The van der Waals surface area contributed by atoms with Gasteiger partial charge in [-0.1, -0.05) is 24.9 Å². The lowest BCUT2D eigenvalue weighted by Gasteiger charge is -2.41. The molecule has 1 aliphatic carbocycles. The summed E-state index contributed by atoms with van der Waals surface area (Å²) in [6.07, 6.45) is 6.34. The zero-order chi connectivity index (χ0) is 11.6. The van der Waals surface area contributed by atoms with E-state index in [4.69, 9.17) is 11.6 Å². The number of nitrogens with one attached hydrogen (secondary N) is 1. The summed E-state index contributed by atoms with van der Waals surface area (Å²) in [4.78, 5) is 3.96. The third kappa shape index (κ3) is 2.29. The molecular formula is C12H16ClFN2. The van der Waals surface area contributed by atoms with Gasteiger partial charge in [0, 0.05) is 12.7 Å². The molecule has 16 heavy (non-hydrogen) atoms. The first-order chi connectivity index (χ1) is 7.65. The maximum absolute atomic E-state index is 13.4. The summed E-state index contributed by atoms with van der Waals surface area (Å²) >= 11 is 5.64. The normalized spacial score (nSPS) is 17.9. The Morgan fingerprint density at radius 1 is 1.56 bits per heavy atom. The van der Waals surface area contributed by atoms with E-state index in [1.807, 2.05) is 0 Å². The molecule has 1 aliphatic rings. The predicted octanol–water partition coefficient (Wildman–Crippen LogP) is 3.87. The summed E-state index contributed by atoms with van der Waals surface area (Å²) in [5.41, 5.74) is 0.355. The standard InChI is InChI=1S/C12H16ClFN2/c1-2-12(4-3-5-12)8-16-11-10(14)6-9(13)7-15-11/h6-7H,2-5,8H2,1H3,(H,15,16). The molecule has 0 amide bonds. The third-order valence-electron chi connectivity index (χ3n) is 3.60. The smallest absolute Gasteiger partial charge is 0.166 e. The number of pyridine rings is 1. The average Bonchev–Trinajstić information content (AvgIpc) is 2.19. The summed E-state index contributed by atoms with van der Waals surface area (Å²) in [5, 5.41) is 3.42. The van der Waals surface area contributed by atoms with Crippen molar-refractivity contribution in [2.45, 2.75) is 32.6 Å². The number of hydrogen-bond donors (Lipinski definition) is 1. The third-order valence-corrected chi connectivity index (χ3v) is 3.81. The molecule has 1 saturated carbocycles. The van der Waals surface area contributed by atoms with Crippen LogP contribution in [-0.2, 0) is 0 Å². The van der Waals surface area contributed by atoms with Crippen LogP contribution in [0, 0.1) is 11.2 Å². The van der Waals surface area contributed by atoms with Crippen LogP contribution in [0.5, 0.6) is 0 Å². The van der Waals surface area contributed by atoms with E-state index in [2.05, 4.69) is 17.2 Å². The van der Waals surface area contributed by atoms with Crippen LogP contribution in [0.15, 0.2) is 12.3 Å². The van der Waals surface area contributed by atoms with E-state index >= 15 is 0 Å². The monoisotopic (exact) mass is 242 g/mol. The van der Waals surface area contributed by atoms with Crippen molar-refractivity contribution in [2.24, 2.45) is 5.41 Å². The molecule has 0 radical (unpaired) electrons. The van der Waals surface area contributed by atoms with Crippen LogP contribution in [0.3, 0.4) is 0 Å². The molecule has 1 fully saturated rings. The van der Waals surface area contributed by atoms with Gasteiger partial charge in [0.1, 0.15) is 0 Å². The van der Waals surface area contributed by atoms with Gasteiger partial charge in [0.25, 0.3) is 0 Å². The van der Waals surface area contributed by atoms with Crippen molar-refractivity contribution in [1.82, 2.24) is 4.98 Å². The van der Waals surface area contributed by atoms with E-state index in [1.165, 1.54) is 31.5 Å². The van der Waals surface area contributed by atoms with Gasteiger partial charge < -0.3 is 5.32 Å². The first-order valence-corrected chi connectivity index (χ1v) is 6.08.